The van der Waals surface area contributed by atoms with E-state index in [1.54, 1.807) is 16.7 Å². The number of para-hydroxylation sites is 2. The summed E-state index contributed by atoms with van der Waals surface area (Å²) in [5.74, 6) is 1.34. The van der Waals surface area contributed by atoms with Gasteiger partial charge in [-0.1, -0.05) is 38.3 Å². The number of benzene rings is 1. The van der Waals surface area contributed by atoms with Gasteiger partial charge >= 0.3 is 12.0 Å². The van der Waals surface area contributed by atoms with Gasteiger partial charge in [0, 0.05) is 5.75 Å². The summed E-state index contributed by atoms with van der Waals surface area (Å²) >= 11 is 1.71. The number of urea groups is 1. The number of carbonyl (C=O) groups excluding carboxylic acids is 2. The van der Waals surface area contributed by atoms with Gasteiger partial charge in [0.1, 0.15) is 11.8 Å². The van der Waals surface area contributed by atoms with E-state index in [0.717, 1.165) is 19.3 Å². The number of nitrogens with one attached hydrogen (secondary N) is 1. The molecule has 29 heavy (non-hydrogen) atoms. The lowest BCUT2D eigenvalue weighted by molar-refractivity contribution is -0.148. The largest absolute Gasteiger partial charge is 0.492 e. The highest BCUT2D eigenvalue weighted by atomic mass is 32.2. The highest BCUT2D eigenvalue weighted by Crippen LogP contribution is 2.41. The van der Waals surface area contributed by atoms with E-state index in [0.29, 0.717) is 36.3 Å². The van der Waals surface area contributed by atoms with Crippen molar-refractivity contribution in [2.75, 3.05) is 24.3 Å². The summed E-state index contributed by atoms with van der Waals surface area (Å²) < 4.78 is 11.0. The van der Waals surface area contributed by atoms with Gasteiger partial charge in [0.15, 0.2) is 0 Å². The van der Waals surface area contributed by atoms with Crippen molar-refractivity contribution < 1.29 is 19.1 Å². The van der Waals surface area contributed by atoms with Crippen LogP contribution in [-0.4, -0.2) is 47.3 Å². The van der Waals surface area contributed by atoms with E-state index in [9.17, 15) is 9.59 Å². The summed E-state index contributed by atoms with van der Waals surface area (Å²) in [4.78, 5) is 27.8. The van der Waals surface area contributed by atoms with Crippen molar-refractivity contribution in [3.63, 3.8) is 0 Å². The van der Waals surface area contributed by atoms with E-state index in [2.05, 4.69) is 5.32 Å². The predicted molar refractivity (Wildman–Crippen MR) is 116 cm³/mol. The van der Waals surface area contributed by atoms with Gasteiger partial charge in [0.25, 0.3) is 0 Å². The maximum absolute atomic E-state index is 13.4. The van der Waals surface area contributed by atoms with Crippen LogP contribution in [0.5, 0.6) is 5.75 Å². The normalized spacial score (nSPS) is 22.3. The second-order valence-corrected chi connectivity index (χ2v) is 8.72. The molecule has 0 bridgehead atoms. The fraction of sp³-hybridized carbons (Fsp3) is 0.636. The smallest absolute Gasteiger partial charge is 0.329 e. The fourth-order valence-corrected chi connectivity index (χ4v) is 5.70. The fourth-order valence-electron chi connectivity index (χ4n) is 4.08. The molecule has 7 heteroatoms. The zero-order chi connectivity index (χ0) is 20.6. The van der Waals surface area contributed by atoms with Crippen LogP contribution in [0.2, 0.25) is 0 Å². The van der Waals surface area contributed by atoms with Crippen molar-refractivity contribution >= 4 is 29.4 Å². The summed E-state index contributed by atoms with van der Waals surface area (Å²) in [7, 11) is 0. The molecule has 1 aliphatic heterocycles. The Morgan fingerprint density at radius 3 is 2.66 bits per heavy atom. The van der Waals surface area contributed by atoms with Crippen LogP contribution >= 0.6 is 11.8 Å². The lowest BCUT2D eigenvalue weighted by Crippen LogP contribution is -2.50. The average molecular weight is 421 g/mol. The third-order valence-corrected chi connectivity index (χ3v) is 6.93. The molecule has 1 aliphatic carbocycles. The highest BCUT2D eigenvalue weighted by molar-refractivity contribution is 8.00. The van der Waals surface area contributed by atoms with E-state index in [1.165, 1.54) is 19.3 Å². The molecule has 1 saturated heterocycles. The molecular formula is C22H32N2O4S. The molecule has 1 saturated carbocycles. The maximum Gasteiger partial charge on any atom is 0.329 e. The topological polar surface area (TPSA) is 67.9 Å². The zero-order valence-electron chi connectivity index (χ0n) is 17.4. The molecule has 3 rings (SSSR count). The minimum atomic E-state index is -0.544. The number of ether oxygens (including phenoxy) is 2. The number of thioether (sulfide) groups is 1. The van der Waals surface area contributed by atoms with Crippen LogP contribution in [0.25, 0.3) is 0 Å². The minimum Gasteiger partial charge on any atom is -0.492 e. The third-order valence-electron chi connectivity index (χ3n) is 5.47. The number of esters is 1. The molecule has 0 unspecified atom stereocenters. The molecule has 2 atom stereocenters. The molecule has 2 amide bonds. The Kier molecular flexibility index (Phi) is 8.09. The highest BCUT2D eigenvalue weighted by Gasteiger charge is 2.45. The van der Waals surface area contributed by atoms with Gasteiger partial charge in [-0.25, -0.2) is 9.59 Å². The van der Waals surface area contributed by atoms with Crippen LogP contribution in [0.1, 0.15) is 52.4 Å². The standard InChI is InChI=1S/C22H32N2O4S/c1-3-14-28-21(25)18-15-29-20(16-10-6-5-7-11-16)24(18)22(26)23-17-12-8-9-13-19(17)27-4-2/h8-9,12-13,16,18,20H,3-7,10-11,14-15H2,1-2H3,(H,23,26)/t18-,20-/m1/s1. The Morgan fingerprint density at radius 2 is 1.93 bits per heavy atom. The van der Waals surface area contributed by atoms with E-state index in [4.69, 9.17) is 9.47 Å². The van der Waals surface area contributed by atoms with Crippen molar-refractivity contribution in [3.05, 3.63) is 24.3 Å². The van der Waals surface area contributed by atoms with E-state index >= 15 is 0 Å². The Morgan fingerprint density at radius 1 is 1.17 bits per heavy atom. The summed E-state index contributed by atoms with van der Waals surface area (Å²) in [5, 5.41) is 3.00. The van der Waals surface area contributed by atoms with Crippen LogP contribution in [-0.2, 0) is 9.53 Å². The molecule has 1 heterocycles. The molecule has 0 spiro atoms. The number of carbonyl (C=O) groups is 2. The summed E-state index contributed by atoms with van der Waals surface area (Å²) in [6.07, 6.45) is 6.61. The van der Waals surface area contributed by atoms with Crippen molar-refractivity contribution in [1.82, 2.24) is 4.90 Å². The van der Waals surface area contributed by atoms with Crippen LogP contribution in [0.4, 0.5) is 10.5 Å². The molecule has 2 fully saturated rings. The van der Waals surface area contributed by atoms with E-state index in [1.807, 2.05) is 38.1 Å². The molecule has 1 aromatic carbocycles. The molecular weight excluding hydrogens is 388 g/mol. The Labute approximate surface area is 177 Å². The molecule has 6 nitrogen and oxygen atoms in total. The van der Waals surface area contributed by atoms with Gasteiger partial charge in [0.05, 0.1) is 24.3 Å². The number of hydrogen-bond donors (Lipinski definition) is 1. The lowest BCUT2D eigenvalue weighted by atomic mass is 9.88. The van der Waals surface area contributed by atoms with E-state index in [-0.39, 0.29) is 17.4 Å². The molecule has 1 aromatic rings. The van der Waals surface area contributed by atoms with Gasteiger partial charge in [-0.2, -0.15) is 0 Å². The summed E-state index contributed by atoms with van der Waals surface area (Å²) in [5.41, 5.74) is 0.624. The van der Waals surface area contributed by atoms with Crippen molar-refractivity contribution in [2.24, 2.45) is 5.92 Å². The predicted octanol–water partition coefficient (Wildman–Crippen LogP) is 4.89. The average Bonchev–Trinajstić information content (AvgIpc) is 3.19. The molecule has 0 aromatic heterocycles. The van der Waals surface area contributed by atoms with Gasteiger partial charge in [-0.05, 0) is 44.2 Å². The molecule has 1 N–H and O–H groups in total. The number of hydrogen-bond acceptors (Lipinski definition) is 5. The van der Waals surface area contributed by atoms with Crippen LogP contribution in [0, 0.1) is 5.92 Å². The monoisotopic (exact) mass is 420 g/mol. The third kappa shape index (κ3) is 5.38. The van der Waals surface area contributed by atoms with Crippen molar-refractivity contribution in [1.29, 1.82) is 0 Å². The van der Waals surface area contributed by atoms with Crippen LogP contribution in [0.3, 0.4) is 0 Å². The van der Waals surface area contributed by atoms with Crippen LogP contribution in [0.15, 0.2) is 24.3 Å². The number of anilines is 1. The first-order chi connectivity index (χ1) is 14.2. The number of nitrogens with zero attached hydrogens (tertiary/aromatic N) is 1. The molecule has 160 valence electrons. The first-order valence-corrected chi connectivity index (χ1v) is 11.8. The van der Waals surface area contributed by atoms with Gasteiger partial charge in [-0.3, -0.25) is 4.90 Å². The first kappa shape index (κ1) is 21.8. The Hall–Kier alpha value is -1.89. The summed E-state index contributed by atoms with van der Waals surface area (Å²) in [6, 6.07) is 6.61. The zero-order valence-corrected chi connectivity index (χ0v) is 18.2. The second-order valence-electron chi connectivity index (χ2n) is 7.57. The first-order valence-electron chi connectivity index (χ1n) is 10.7. The quantitative estimate of drug-likeness (QED) is 0.636. The number of rotatable bonds is 7. The van der Waals surface area contributed by atoms with Crippen molar-refractivity contribution in [2.45, 2.75) is 63.8 Å². The van der Waals surface area contributed by atoms with Gasteiger partial charge in [-0.15, -0.1) is 11.8 Å². The molecule has 2 aliphatic rings. The van der Waals surface area contributed by atoms with Crippen molar-refractivity contribution in [3.8, 4) is 5.75 Å². The van der Waals surface area contributed by atoms with Gasteiger partial charge in [0.2, 0.25) is 0 Å². The SMILES string of the molecule is CCCOC(=O)[C@H]1CS[C@H](C2CCCCC2)N1C(=O)Nc1ccccc1OCC. The second kappa shape index (κ2) is 10.8. The van der Waals surface area contributed by atoms with Crippen LogP contribution < -0.4 is 10.1 Å². The minimum absolute atomic E-state index is 0.00809. The Balaban J connectivity index is 1.80. The lowest BCUT2D eigenvalue weighted by Gasteiger charge is -2.35. The summed E-state index contributed by atoms with van der Waals surface area (Å²) in [6.45, 7) is 4.78. The molecule has 0 radical (unpaired) electrons. The van der Waals surface area contributed by atoms with E-state index < -0.39 is 6.04 Å². The van der Waals surface area contributed by atoms with Gasteiger partial charge < -0.3 is 14.8 Å². The number of amides is 2. The Bertz CT molecular complexity index is 693. The maximum atomic E-state index is 13.4.